The molecule has 1 aliphatic rings. The van der Waals surface area contributed by atoms with Gasteiger partial charge < -0.3 is 5.73 Å². The third kappa shape index (κ3) is 2.33. The third-order valence-electron chi connectivity index (χ3n) is 3.16. The lowest BCUT2D eigenvalue weighted by atomic mass is 9.99. The molecule has 1 aromatic heterocycles. The number of hydrogen-bond acceptors (Lipinski definition) is 4. The number of nitrogens with two attached hydrogens (primary N) is 1. The number of thiazole rings is 1. The van der Waals surface area contributed by atoms with Crippen molar-refractivity contribution < 1.29 is 0 Å². The highest BCUT2D eigenvalue weighted by atomic mass is 32.1. The van der Waals surface area contributed by atoms with Gasteiger partial charge in [-0.2, -0.15) is 0 Å². The highest BCUT2D eigenvalue weighted by molar-refractivity contribution is 7.09. The molecule has 0 saturated carbocycles. The first kappa shape index (κ1) is 10.7. The molecule has 1 aromatic carbocycles. The summed E-state index contributed by atoms with van der Waals surface area (Å²) in [5.41, 5.74) is 9.48. The Morgan fingerprint density at radius 2 is 2.29 bits per heavy atom. The molecule has 2 aromatic rings. The van der Waals surface area contributed by atoms with Crippen LogP contribution in [0.1, 0.15) is 16.1 Å². The van der Waals surface area contributed by atoms with Crippen LogP contribution in [0.25, 0.3) is 0 Å². The molecule has 0 amide bonds. The summed E-state index contributed by atoms with van der Waals surface area (Å²) in [4.78, 5) is 6.78. The molecule has 3 nitrogen and oxygen atoms in total. The van der Waals surface area contributed by atoms with Gasteiger partial charge in [0, 0.05) is 30.4 Å². The van der Waals surface area contributed by atoms with Gasteiger partial charge in [-0.05, 0) is 29.7 Å². The van der Waals surface area contributed by atoms with E-state index < -0.39 is 0 Å². The smallest absolute Gasteiger partial charge is 0.107 e. The fraction of sp³-hybridized carbons (Fsp3) is 0.308. The summed E-state index contributed by atoms with van der Waals surface area (Å²) in [5.74, 6) is 0. The Bertz CT molecular complexity index is 507. The Labute approximate surface area is 105 Å². The Morgan fingerprint density at radius 3 is 3.12 bits per heavy atom. The second-order valence-corrected chi connectivity index (χ2v) is 5.39. The van der Waals surface area contributed by atoms with Crippen molar-refractivity contribution in [3.63, 3.8) is 0 Å². The monoisotopic (exact) mass is 245 g/mol. The third-order valence-corrected chi connectivity index (χ3v) is 3.93. The number of nitrogen functional groups attached to an aromatic ring is 1. The lowest BCUT2D eigenvalue weighted by molar-refractivity contribution is 0.245. The first-order valence-electron chi connectivity index (χ1n) is 5.79. The van der Waals surface area contributed by atoms with Crippen molar-refractivity contribution in [3.8, 4) is 0 Å². The number of hydrogen-bond donors (Lipinski definition) is 1. The van der Waals surface area contributed by atoms with Gasteiger partial charge in [0.15, 0.2) is 0 Å². The van der Waals surface area contributed by atoms with E-state index in [1.54, 1.807) is 11.3 Å². The number of fused-ring (bicyclic) bond motifs is 1. The van der Waals surface area contributed by atoms with Crippen molar-refractivity contribution in [1.29, 1.82) is 0 Å². The van der Waals surface area contributed by atoms with E-state index in [1.807, 2.05) is 17.6 Å². The molecular formula is C13H15N3S. The van der Waals surface area contributed by atoms with Crippen LogP contribution < -0.4 is 5.73 Å². The van der Waals surface area contributed by atoms with Crippen molar-refractivity contribution in [2.45, 2.75) is 19.5 Å². The minimum Gasteiger partial charge on any atom is -0.399 e. The highest BCUT2D eigenvalue weighted by Gasteiger charge is 2.16. The van der Waals surface area contributed by atoms with Gasteiger partial charge in [-0.15, -0.1) is 11.3 Å². The molecule has 3 rings (SSSR count). The average molecular weight is 245 g/mol. The van der Waals surface area contributed by atoms with Gasteiger partial charge in [0.1, 0.15) is 5.01 Å². The van der Waals surface area contributed by atoms with Crippen LogP contribution in [0.5, 0.6) is 0 Å². The van der Waals surface area contributed by atoms with Gasteiger partial charge in [0.2, 0.25) is 0 Å². The summed E-state index contributed by atoms with van der Waals surface area (Å²) in [5, 5.41) is 3.23. The Morgan fingerprint density at radius 1 is 1.35 bits per heavy atom. The molecule has 1 aliphatic heterocycles. The first-order chi connectivity index (χ1) is 8.31. The summed E-state index contributed by atoms with van der Waals surface area (Å²) in [6.07, 6.45) is 2.96. The lowest BCUT2D eigenvalue weighted by Crippen LogP contribution is -2.30. The van der Waals surface area contributed by atoms with Gasteiger partial charge in [-0.25, -0.2) is 4.98 Å². The van der Waals surface area contributed by atoms with Crippen LogP contribution in [-0.2, 0) is 19.5 Å². The van der Waals surface area contributed by atoms with E-state index in [0.717, 1.165) is 31.7 Å². The van der Waals surface area contributed by atoms with E-state index in [0.29, 0.717) is 0 Å². The standard InChI is InChI=1S/C13H15N3S/c14-12-2-1-11-8-16(5-3-10(11)7-12)9-13-15-4-6-17-13/h1-2,4,6-7H,3,5,8-9,14H2. The molecule has 0 unspecified atom stereocenters. The molecular weight excluding hydrogens is 230 g/mol. The highest BCUT2D eigenvalue weighted by Crippen LogP contribution is 2.22. The largest absolute Gasteiger partial charge is 0.399 e. The van der Waals surface area contributed by atoms with Crippen LogP contribution in [0.2, 0.25) is 0 Å². The number of rotatable bonds is 2. The maximum absolute atomic E-state index is 5.80. The molecule has 0 bridgehead atoms. The van der Waals surface area contributed by atoms with Crippen molar-refractivity contribution in [1.82, 2.24) is 9.88 Å². The number of anilines is 1. The van der Waals surface area contributed by atoms with Gasteiger partial charge in [-0.1, -0.05) is 6.07 Å². The van der Waals surface area contributed by atoms with Gasteiger partial charge in [0.05, 0.1) is 6.54 Å². The molecule has 0 spiro atoms. The van der Waals surface area contributed by atoms with E-state index in [9.17, 15) is 0 Å². The van der Waals surface area contributed by atoms with Crippen LogP contribution in [0.15, 0.2) is 29.8 Å². The molecule has 17 heavy (non-hydrogen) atoms. The van der Waals surface area contributed by atoms with E-state index in [2.05, 4.69) is 22.0 Å². The molecule has 88 valence electrons. The molecule has 0 saturated heterocycles. The zero-order valence-electron chi connectivity index (χ0n) is 9.60. The van der Waals surface area contributed by atoms with Gasteiger partial charge >= 0.3 is 0 Å². The molecule has 4 heteroatoms. The fourth-order valence-electron chi connectivity index (χ4n) is 2.29. The number of benzene rings is 1. The molecule has 2 heterocycles. The van der Waals surface area contributed by atoms with E-state index in [-0.39, 0.29) is 0 Å². The zero-order valence-corrected chi connectivity index (χ0v) is 10.4. The van der Waals surface area contributed by atoms with Crippen LogP contribution in [-0.4, -0.2) is 16.4 Å². The molecule has 0 fully saturated rings. The first-order valence-corrected chi connectivity index (χ1v) is 6.67. The minimum atomic E-state index is 0.872. The predicted molar refractivity (Wildman–Crippen MR) is 70.8 cm³/mol. The summed E-state index contributed by atoms with van der Waals surface area (Å²) >= 11 is 1.73. The minimum absolute atomic E-state index is 0.872. The Hall–Kier alpha value is -1.39. The Kier molecular flexibility index (Phi) is 2.82. The quantitative estimate of drug-likeness (QED) is 0.825. The van der Waals surface area contributed by atoms with Gasteiger partial charge in [0.25, 0.3) is 0 Å². The summed E-state index contributed by atoms with van der Waals surface area (Å²) < 4.78 is 0. The van der Waals surface area contributed by atoms with Crippen molar-refractivity contribution in [2.75, 3.05) is 12.3 Å². The maximum atomic E-state index is 5.80. The SMILES string of the molecule is Nc1ccc2c(c1)CCN(Cc1nccs1)C2. The van der Waals surface area contributed by atoms with Crippen LogP contribution in [0, 0.1) is 0 Å². The molecule has 0 aliphatic carbocycles. The van der Waals surface area contributed by atoms with Gasteiger partial charge in [-0.3, -0.25) is 4.90 Å². The fourth-order valence-corrected chi connectivity index (χ4v) is 2.95. The molecule has 0 atom stereocenters. The zero-order chi connectivity index (χ0) is 11.7. The van der Waals surface area contributed by atoms with Crippen molar-refractivity contribution in [3.05, 3.63) is 45.9 Å². The van der Waals surface area contributed by atoms with Crippen molar-refractivity contribution >= 4 is 17.0 Å². The Balaban J connectivity index is 1.74. The average Bonchev–Trinajstić information content (AvgIpc) is 2.82. The lowest BCUT2D eigenvalue weighted by Gasteiger charge is -2.28. The summed E-state index contributed by atoms with van der Waals surface area (Å²) in [7, 11) is 0. The van der Waals surface area contributed by atoms with E-state index in [4.69, 9.17) is 5.73 Å². The molecule has 2 N–H and O–H groups in total. The van der Waals surface area contributed by atoms with E-state index >= 15 is 0 Å². The summed E-state index contributed by atoms with van der Waals surface area (Å²) in [6.45, 7) is 3.06. The topological polar surface area (TPSA) is 42.1 Å². The summed E-state index contributed by atoms with van der Waals surface area (Å²) in [6, 6.07) is 6.25. The second kappa shape index (κ2) is 4.47. The van der Waals surface area contributed by atoms with Crippen LogP contribution in [0.3, 0.4) is 0 Å². The molecule has 0 radical (unpaired) electrons. The predicted octanol–water partition coefficient (Wildman–Crippen LogP) is 2.28. The van der Waals surface area contributed by atoms with E-state index in [1.165, 1.54) is 16.1 Å². The van der Waals surface area contributed by atoms with Crippen LogP contribution >= 0.6 is 11.3 Å². The second-order valence-electron chi connectivity index (χ2n) is 4.41. The maximum Gasteiger partial charge on any atom is 0.107 e. The normalized spacial score (nSPS) is 15.8. The van der Waals surface area contributed by atoms with Crippen molar-refractivity contribution in [2.24, 2.45) is 0 Å². The van der Waals surface area contributed by atoms with Crippen LogP contribution in [0.4, 0.5) is 5.69 Å². The number of nitrogens with zero attached hydrogens (tertiary/aromatic N) is 2. The number of aromatic nitrogens is 1.